The van der Waals surface area contributed by atoms with E-state index in [2.05, 4.69) is 66.4 Å². The minimum Gasteiger partial charge on any atom is -0.343 e. The molecule has 1 heterocycles. The Morgan fingerprint density at radius 2 is 1.86 bits per heavy atom. The van der Waals surface area contributed by atoms with Crippen LogP contribution in [0.5, 0.6) is 0 Å². The van der Waals surface area contributed by atoms with E-state index >= 15 is 0 Å². The number of nitrogens with zero attached hydrogens (tertiary/aromatic N) is 2. The Kier molecular flexibility index (Phi) is 5.76. The van der Waals surface area contributed by atoms with Crippen LogP contribution in [0.1, 0.15) is 31.4 Å². The first-order valence-electron chi connectivity index (χ1n) is 7.72. The summed E-state index contributed by atoms with van der Waals surface area (Å²) in [5, 5.41) is 3.46. The Bertz CT molecular complexity index is 549. The second kappa shape index (κ2) is 7.79. The molecule has 3 nitrogen and oxygen atoms in total. The van der Waals surface area contributed by atoms with Crippen LogP contribution in [0.3, 0.4) is 0 Å². The van der Waals surface area contributed by atoms with Crippen LogP contribution in [0.4, 0.5) is 11.4 Å². The highest BCUT2D eigenvalue weighted by Crippen LogP contribution is 2.26. The van der Waals surface area contributed by atoms with Crippen LogP contribution in [0, 0.1) is 0 Å². The number of pyridine rings is 1. The van der Waals surface area contributed by atoms with E-state index < -0.39 is 0 Å². The molecule has 0 atom stereocenters. The molecule has 0 spiro atoms. The molecule has 1 aromatic heterocycles. The highest BCUT2D eigenvalue weighted by Gasteiger charge is 2.09. The van der Waals surface area contributed by atoms with Crippen molar-refractivity contribution < 1.29 is 0 Å². The van der Waals surface area contributed by atoms with Gasteiger partial charge in [0, 0.05) is 25.5 Å². The van der Waals surface area contributed by atoms with Crippen LogP contribution in [0.25, 0.3) is 0 Å². The normalized spacial score (nSPS) is 10.6. The van der Waals surface area contributed by atoms with Crippen molar-refractivity contribution in [1.82, 2.24) is 10.3 Å². The smallest absolute Gasteiger partial charge is 0.0640 e. The lowest BCUT2D eigenvalue weighted by Crippen LogP contribution is -2.18. The molecule has 0 saturated heterocycles. The third kappa shape index (κ3) is 4.05. The summed E-state index contributed by atoms with van der Waals surface area (Å²) in [6.45, 7) is 6.28. The van der Waals surface area contributed by atoms with E-state index in [1.807, 2.05) is 12.4 Å². The fraction of sp³-hybridized carbons (Fsp3) is 0.389. The number of hydrogen-bond donors (Lipinski definition) is 1. The number of nitrogens with one attached hydrogen (secondary N) is 1. The Balaban J connectivity index is 2.19. The summed E-state index contributed by atoms with van der Waals surface area (Å²) in [5.74, 6) is 0. The molecule has 0 saturated carbocycles. The number of rotatable bonds is 7. The molecule has 0 fully saturated rings. The van der Waals surface area contributed by atoms with Gasteiger partial charge >= 0.3 is 0 Å². The molecule has 2 rings (SSSR count). The Hall–Kier alpha value is -1.87. The predicted octanol–water partition coefficient (Wildman–Crippen LogP) is 3.91. The third-order valence-corrected chi connectivity index (χ3v) is 3.72. The number of benzene rings is 1. The number of anilines is 2. The van der Waals surface area contributed by atoms with E-state index in [4.69, 9.17) is 0 Å². The van der Waals surface area contributed by atoms with Gasteiger partial charge in [0.25, 0.3) is 0 Å². The van der Waals surface area contributed by atoms with Gasteiger partial charge in [-0.15, -0.1) is 0 Å². The van der Waals surface area contributed by atoms with E-state index in [0.717, 1.165) is 31.6 Å². The highest BCUT2D eigenvalue weighted by atomic mass is 15.1. The van der Waals surface area contributed by atoms with E-state index in [1.165, 1.54) is 16.8 Å². The fourth-order valence-electron chi connectivity index (χ4n) is 2.36. The van der Waals surface area contributed by atoms with Crippen LogP contribution < -0.4 is 10.2 Å². The fourth-order valence-corrected chi connectivity index (χ4v) is 2.36. The van der Waals surface area contributed by atoms with Crippen molar-refractivity contribution in [2.24, 2.45) is 0 Å². The molecule has 0 aliphatic rings. The van der Waals surface area contributed by atoms with Crippen molar-refractivity contribution >= 4 is 11.4 Å². The summed E-state index contributed by atoms with van der Waals surface area (Å²) in [6, 6.07) is 10.8. The minimum atomic E-state index is 0.878. The highest BCUT2D eigenvalue weighted by molar-refractivity contribution is 5.65. The molecule has 0 aliphatic heterocycles. The summed E-state index contributed by atoms with van der Waals surface area (Å²) in [7, 11) is 2.10. The lowest BCUT2D eigenvalue weighted by Gasteiger charge is -2.22. The van der Waals surface area contributed by atoms with Crippen LogP contribution in [0.15, 0.2) is 42.7 Å². The van der Waals surface area contributed by atoms with Gasteiger partial charge in [0.15, 0.2) is 0 Å². The largest absolute Gasteiger partial charge is 0.343 e. The summed E-state index contributed by atoms with van der Waals surface area (Å²) in [4.78, 5) is 6.49. The zero-order valence-electron chi connectivity index (χ0n) is 13.3. The van der Waals surface area contributed by atoms with Gasteiger partial charge in [0.2, 0.25) is 0 Å². The second-order valence-corrected chi connectivity index (χ2v) is 5.26. The van der Waals surface area contributed by atoms with E-state index in [9.17, 15) is 0 Å². The Labute approximate surface area is 128 Å². The number of aromatic nitrogens is 1. The molecule has 0 radical (unpaired) electrons. The quantitative estimate of drug-likeness (QED) is 0.781. The van der Waals surface area contributed by atoms with Gasteiger partial charge < -0.3 is 10.2 Å². The van der Waals surface area contributed by atoms with Crippen molar-refractivity contribution in [3.8, 4) is 0 Å². The number of aryl methyl sites for hydroxylation is 1. The van der Waals surface area contributed by atoms with Gasteiger partial charge in [0.05, 0.1) is 11.9 Å². The molecule has 2 aromatic rings. The lowest BCUT2D eigenvalue weighted by atomic mass is 10.1. The van der Waals surface area contributed by atoms with Gasteiger partial charge in [-0.1, -0.05) is 26.0 Å². The average Bonchev–Trinajstić information content (AvgIpc) is 2.55. The first-order chi connectivity index (χ1) is 10.3. The van der Waals surface area contributed by atoms with Crippen LogP contribution in [-0.4, -0.2) is 18.6 Å². The van der Waals surface area contributed by atoms with Crippen molar-refractivity contribution in [2.75, 3.05) is 18.5 Å². The SMILES string of the molecule is CCCNCc1ccncc1N(C)c1ccc(CC)cc1. The molecule has 1 N–H and O–H groups in total. The molecule has 112 valence electrons. The molecule has 1 aromatic carbocycles. The van der Waals surface area contributed by atoms with Gasteiger partial charge in [-0.2, -0.15) is 0 Å². The summed E-state index contributed by atoms with van der Waals surface area (Å²) in [5.41, 5.74) is 4.99. The minimum absolute atomic E-state index is 0.878. The second-order valence-electron chi connectivity index (χ2n) is 5.26. The Morgan fingerprint density at radius 3 is 2.52 bits per heavy atom. The molecule has 3 heteroatoms. The molecule has 21 heavy (non-hydrogen) atoms. The van der Waals surface area contributed by atoms with Gasteiger partial charge in [-0.05, 0) is 48.7 Å². The van der Waals surface area contributed by atoms with Gasteiger partial charge in [-0.3, -0.25) is 4.98 Å². The first kappa shape index (κ1) is 15.5. The topological polar surface area (TPSA) is 28.2 Å². The van der Waals surface area contributed by atoms with Crippen LogP contribution >= 0.6 is 0 Å². The summed E-state index contributed by atoms with van der Waals surface area (Å²) < 4.78 is 0. The molecule has 0 unspecified atom stereocenters. The van der Waals surface area contributed by atoms with E-state index in [0.29, 0.717) is 0 Å². The van der Waals surface area contributed by atoms with Crippen molar-refractivity contribution in [3.05, 3.63) is 53.9 Å². The predicted molar refractivity (Wildman–Crippen MR) is 90.1 cm³/mol. The van der Waals surface area contributed by atoms with Gasteiger partial charge in [-0.25, -0.2) is 0 Å². The average molecular weight is 283 g/mol. The lowest BCUT2D eigenvalue weighted by molar-refractivity contribution is 0.675. The molecule has 0 amide bonds. The van der Waals surface area contributed by atoms with E-state index in [1.54, 1.807) is 0 Å². The molecule has 0 aliphatic carbocycles. The zero-order chi connectivity index (χ0) is 15.1. The van der Waals surface area contributed by atoms with Gasteiger partial charge in [0.1, 0.15) is 0 Å². The summed E-state index contributed by atoms with van der Waals surface area (Å²) in [6.07, 6.45) is 6.02. The maximum atomic E-state index is 4.28. The standard InChI is InChI=1S/C18H25N3/c1-4-11-19-13-16-10-12-20-14-18(16)21(3)17-8-6-15(5-2)7-9-17/h6-10,12,14,19H,4-5,11,13H2,1-3H3. The zero-order valence-corrected chi connectivity index (χ0v) is 13.3. The number of hydrogen-bond acceptors (Lipinski definition) is 3. The Morgan fingerprint density at radius 1 is 1.10 bits per heavy atom. The van der Waals surface area contributed by atoms with Crippen LogP contribution in [-0.2, 0) is 13.0 Å². The van der Waals surface area contributed by atoms with Crippen molar-refractivity contribution in [3.63, 3.8) is 0 Å². The maximum absolute atomic E-state index is 4.28. The molecular weight excluding hydrogens is 258 g/mol. The van der Waals surface area contributed by atoms with E-state index in [-0.39, 0.29) is 0 Å². The monoisotopic (exact) mass is 283 g/mol. The molecule has 0 bridgehead atoms. The van der Waals surface area contributed by atoms with Crippen molar-refractivity contribution in [2.45, 2.75) is 33.2 Å². The third-order valence-electron chi connectivity index (χ3n) is 3.72. The first-order valence-corrected chi connectivity index (χ1v) is 7.72. The maximum Gasteiger partial charge on any atom is 0.0640 e. The molecular formula is C18H25N3. The van der Waals surface area contributed by atoms with Crippen molar-refractivity contribution in [1.29, 1.82) is 0 Å². The van der Waals surface area contributed by atoms with Crippen LogP contribution in [0.2, 0.25) is 0 Å². The summed E-state index contributed by atoms with van der Waals surface area (Å²) >= 11 is 0.